The number of amides is 1. The molecule has 2 aliphatic carbocycles. The first-order valence-corrected chi connectivity index (χ1v) is 11.7. The second kappa shape index (κ2) is 8.10. The number of hydrogen-bond acceptors (Lipinski definition) is 3. The van der Waals surface area contributed by atoms with Gasteiger partial charge in [0.1, 0.15) is 4.90 Å². The van der Waals surface area contributed by atoms with Crippen LogP contribution >= 0.6 is 11.6 Å². The zero-order valence-corrected chi connectivity index (χ0v) is 17.8. The van der Waals surface area contributed by atoms with Gasteiger partial charge in [-0.2, -0.15) is 4.31 Å². The molecule has 1 aromatic rings. The summed E-state index contributed by atoms with van der Waals surface area (Å²) >= 11 is 6.16. The molecular weight excluding hydrogens is 384 g/mol. The van der Waals surface area contributed by atoms with E-state index in [0.717, 1.165) is 5.92 Å². The molecule has 3 rings (SSSR count). The van der Waals surface area contributed by atoms with Crippen molar-refractivity contribution in [2.45, 2.75) is 57.4 Å². The second-order valence-electron chi connectivity index (χ2n) is 7.84. The molecule has 0 spiro atoms. The molecule has 0 unspecified atom stereocenters. The molecule has 2 aliphatic rings. The van der Waals surface area contributed by atoms with Gasteiger partial charge >= 0.3 is 0 Å². The smallest absolute Gasteiger partial charge is 0.251 e. The Hall–Kier alpha value is -1.11. The molecule has 0 saturated heterocycles. The number of benzene rings is 1. The zero-order chi connectivity index (χ0) is 19.8. The molecule has 5 nitrogen and oxygen atoms in total. The quantitative estimate of drug-likeness (QED) is 0.737. The van der Waals surface area contributed by atoms with Gasteiger partial charge in [0.05, 0.1) is 5.02 Å². The van der Waals surface area contributed by atoms with Gasteiger partial charge in [-0.25, -0.2) is 8.42 Å². The maximum atomic E-state index is 12.8. The highest BCUT2D eigenvalue weighted by Gasteiger charge is 2.42. The third-order valence-corrected chi connectivity index (χ3v) is 8.84. The van der Waals surface area contributed by atoms with Crippen LogP contribution in [-0.4, -0.2) is 37.8 Å². The van der Waals surface area contributed by atoms with Gasteiger partial charge < -0.3 is 5.32 Å². The number of rotatable bonds is 7. The molecule has 150 valence electrons. The van der Waals surface area contributed by atoms with E-state index in [2.05, 4.69) is 12.2 Å². The second-order valence-corrected chi connectivity index (χ2v) is 10.1. The van der Waals surface area contributed by atoms with E-state index in [-0.39, 0.29) is 21.9 Å². The van der Waals surface area contributed by atoms with Crippen LogP contribution in [0, 0.1) is 17.8 Å². The van der Waals surface area contributed by atoms with Gasteiger partial charge in [0.25, 0.3) is 5.91 Å². The zero-order valence-electron chi connectivity index (χ0n) is 16.2. The summed E-state index contributed by atoms with van der Waals surface area (Å²) in [4.78, 5) is 12.7. The third-order valence-electron chi connectivity index (χ3n) is 6.31. The molecule has 2 fully saturated rings. The standard InChI is InChI=1S/C20H29ClN2O3S/c1-4-23(5-2)27(25,26)19-12-16(8-9-18(19)21)20(24)22-13(3)17-11-14-6-7-15(17)10-14/h8-9,12-15,17H,4-7,10-11H2,1-3H3,(H,22,24)/t13-,14+,15-,17+/m0/s1. The Balaban J connectivity index is 1.78. The Bertz CT molecular complexity index is 807. The van der Waals surface area contributed by atoms with Crippen molar-refractivity contribution in [1.82, 2.24) is 9.62 Å². The summed E-state index contributed by atoms with van der Waals surface area (Å²) in [5.41, 5.74) is 0.333. The van der Waals surface area contributed by atoms with E-state index in [0.29, 0.717) is 30.5 Å². The van der Waals surface area contributed by atoms with Crippen LogP contribution in [0.5, 0.6) is 0 Å². The van der Waals surface area contributed by atoms with Crippen molar-refractivity contribution in [1.29, 1.82) is 0 Å². The number of sulfonamides is 1. The summed E-state index contributed by atoms with van der Waals surface area (Å²) in [5.74, 6) is 1.83. The Kier molecular flexibility index (Phi) is 6.18. The minimum absolute atomic E-state index is 0.00640. The molecule has 27 heavy (non-hydrogen) atoms. The fraction of sp³-hybridized carbons (Fsp3) is 0.650. The molecule has 2 bridgehead atoms. The van der Waals surface area contributed by atoms with Crippen LogP contribution in [0.25, 0.3) is 0 Å². The van der Waals surface area contributed by atoms with Gasteiger partial charge in [0.15, 0.2) is 0 Å². The first-order valence-electron chi connectivity index (χ1n) is 9.88. The lowest BCUT2D eigenvalue weighted by atomic mass is 9.84. The molecule has 2 saturated carbocycles. The third kappa shape index (κ3) is 4.03. The van der Waals surface area contributed by atoms with Crippen molar-refractivity contribution in [3.8, 4) is 0 Å². The summed E-state index contributed by atoms with van der Waals surface area (Å²) in [7, 11) is -3.72. The first-order chi connectivity index (χ1) is 12.8. The lowest BCUT2D eigenvalue weighted by Crippen LogP contribution is -2.40. The number of hydrogen-bond donors (Lipinski definition) is 1. The van der Waals surface area contributed by atoms with Gasteiger partial charge in [-0.1, -0.05) is 31.9 Å². The summed E-state index contributed by atoms with van der Waals surface area (Å²) in [5, 5.41) is 3.23. The lowest BCUT2D eigenvalue weighted by molar-refractivity contribution is 0.0915. The molecule has 0 radical (unpaired) electrons. The Morgan fingerprint density at radius 2 is 1.96 bits per heavy atom. The van der Waals surface area contributed by atoms with Crippen molar-refractivity contribution in [3.63, 3.8) is 0 Å². The fourth-order valence-corrected chi connectivity index (χ4v) is 6.81. The molecule has 1 aromatic carbocycles. The van der Waals surface area contributed by atoms with Crippen molar-refractivity contribution >= 4 is 27.5 Å². The molecule has 4 atom stereocenters. The number of halogens is 1. The topological polar surface area (TPSA) is 66.5 Å². The van der Waals surface area contributed by atoms with Gasteiger partial charge in [-0.05, 0) is 62.1 Å². The summed E-state index contributed by atoms with van der Waals surface area (Å²) in [6.07, 6.45) is 5.07. The average Bonchev–Trinajstić information content (AvgIpc) is 3.26. The molecule has 7 heteroatoms. The Labute approximate surface area is 167 Å². The van der Waals surface area contributed by atoms with E-state index in [1.54, 1.807) is 19.9 Å². The number of fused-ring (bicyclic) bond motifs is 2. The van der Waals surface area contributed by atoms with Crippen LogP contribution in [0.3, 0.4) is 0 Å². The van der Waals surface area contributed by atoms with Crippen LogP contribution in [0.2, 0.25) is 5.02 Å². The highest BCUT2D eigenvalue weighted by molar-refractivity contribution is 7.89. The molecule has 1 amide bonds. The maximum absolute atomic E-state index is 12.8. The van der Waals surface area contributed by atoms with Gasteiger partial charge in [0.2, 0.25) is 10.0 Å². The fourth-order valence-electron chi connectivity index (χ4n) is 4.85. The average molecular weight is 413 g/mol. The minimum Gasteiger partial charge on any atom is -0.349 e. The van der Waals surface area contributed by atoms with E-state index in [1.165, 1.54) is 42.1 Å². The van der Waals surface area contributed by atoms with Crippen LogP contribution < -0.4 is 5.32 Å². The van der Waals surface area contributed by atoms with E-state index < -0.39 is 10.0 Å². The van der Waals surface area contributed by atoms with E-state index in [1.807, 2.05) is 0 Å². The summed E-state index contributed by atoms with van der Waals surface area (Å²) in [6, 6.07) is 4.58. The van der Waals surface area contributed by atoms with E-state index in [4.69, 9.17) is 11.6 Å². The molecular formula is C20H29ClN2O3S. The predicted molar refractivity (Wildman–Crippen MR) is 107 cm³/mol. The van der Waals surface area contributed by atoms with Crippen LogP contribution in [0.15, 0.2) is 23.1 Å². The maximum Gasteiger partial charge on any atom is 0.251 e. The van der Waals surface area contributed by atoms with Crippen molar-refractivity contribution in [2.24, 2.45) is 17.8 Å². The number of carbonyl (C=O) groups excluding carboxylic acids is 1. The van der Waals surface area contributed by atoms with E-state index in [9.17, 15) is 13.2 Å². The van der Waals surface area contributed by atoms with E-state index >= 15 is 0 Å². The molecule has 0 heterocycles. The summed E-state index contributed by atoms with van der Waals surface area (Å²) < 4.78 is 27.0. The SMILES string of the molecule is CCN(CC)S(=O)(=O)c1cc(C(=O)N[C@@H](C)[C@H]2C[C@@H]3CC[C@H]2C3)ccc1Cl. The number of nitrogens with zero attached hydrogens (tertiary/aromatic N) is 1. The molecule has 0 aliphatic heterocycles. The Morgan fingerprint density at radius 1 is 1.26 bits per heavy atom. The first kappa shape index (κ1) is 20.6. The molecule has 0 aromatic heterocycles. The highest BCUT2D eigenvalue weighted by Crippen LogP contribution is 2.49. The lowest BCUT2D eigenvalue weighted by Gasteiger charge is -2.28. The van der Waals surface area contributed by atoms with Crippen molar-refractivity contribution < 1.29 is 13.2 Å². The monoisotopic (exact) mass is 412 g/mol. The van der Waals surface area contributed by atoms with Crippen LogP contribution in [0.4, 0.5) is 0 Å². The van der Waals surface area contributed by atoms with Crippen molar-refractivity contribution in [2.75, 3.05) is 13.1 Å². The predicted octanol–water partition coefficient (Wildman–Crippen LogP) is 3.93. The Morgan fingerprint density at radius 3 is 2.52 bits per heavy atom. The van der Waals surface area contributed by atoms with Crippen LogP contribution in [0.1, 0.15) is 56.8 Å². The normalized spacial score (nSPS) is 25.7. The minimum atomic E-state index is -3.72. The number of nitrogens with one attached hydrogen (secondary N) is 1. The largest absolute Gasteiger partial charge is 0.349 e. The van der Waals surface area contributed by atoms with Gasteiger partial charge in [-0.3, -0.25) is 4.79 Å². The van der Waals surface area contributed by atoms with Crippen molar-refractivity contribution in [3.05, 3.63) is 28.8 Å². The highest BCUT2D eigenvalue weighted by atomic mass is 35.5. The molecule has 1 N–H and O–H groups in total. The summed E-state index contributed by atoms with van der Waals surface area (Å²) in [6.45, 7) is 6.33. The van der Waals surface area contributed by atoms with Gasteiger partial charge in [0, 0.05) is 24.7 Å². The van der Waals surface area contributed by atoms with Crippen LogP contribution in [-0.2, 0) is 10.0 Å². The van der Waals surface area contributed by atoms with Gasteiger partial charge in [-0.15, -0.1) is 0 Å². The number of carbonyl (C=O) groups is 1.